The minimum atomic E-state index is 0.365. The Kier molecular flexibility index (Phi) is 4.66. The first kappa shape index (κ1) is 22.1. The number of aryl methyl sites for hydroxylation is 3. The molecule has 7 aromatic rings. The van der Waals surface area contributed by atoms with E-state index in [-0.39, 0.29) is 0 Å². The fourth-order valence-electron chi connectivity index (χ4n) is 6.25. The largest absolute Gasteiger partial charge is 0.342 e. The van der Waals surface area contributed by atoms with Gasteiger partial charge in [0.05, 0.1) is 22.1 Å². The Hall–Kier alpha value is -3.96. The summed E-state index contributed by atoms with van der Waals surface area (Å²) in [7, 11) is 0. The van der Waals surface area contributed by atoms with E-state index >= 15 is 0 Å². The monoisotopic (exact) mass is 512 g/mol. The number of H-pyrrole nitrogens is 2. The van der Waals surface area contributed by atoms with Crippen molar-refractivity contribution in [1.29, 1.82) is 0 Å². The smallest absolute Gasteiger partial charge is 0.109 e. The quantitative estimate of drug-likeness (QED) is 0.248. The first-order chi connectivity index (χ1) is 18.6. The van der Waals surface area contributed by atoms with E-state index in [2.05, 4.69) is 90.7 Å². The number of nitrogens with zero attached hydrogens (tertiary/aromatic N) is 2. The molecule has 5 heteroatoms. The highest BCUT2D eigenvalue weighted by Crippen LogP contribution is 2.41. The van der Waals surface area contributed by atoms with Crippen molar-refractivity contribution in [3.8, 4) is 22.3 Å². The Morgan fingerprint density at radius 2 is 1.66 bits per heavy atom. The molecule has 0 atom stereocenters. The maximum Gasteiger partial charge on any atom is 0.109 e. The number of thiophene rings is 1. The van der Waals surface area contributed by atoms with E-state index in [1.807, 2.05) is 11.3 Å². The standard InChI is InChI=1S/C33H28N4S/c1-4-28-34-27-12-11-22-21-8-5-18(15-20(21)7-10-23(22)29(27)35-28)19-6-9-24-26(16-19)32-25(13-14-38-32)31-30(24)36-33(37-31)17(2)3/h5-6,8-9,11-17H,4,7,10H2,1-3H3,(H,34,35)(H,36,37). The van der Waals surface area contributed by atoms with Gasteiger partial charge in [0.2, 0.25) is 0 Å². The highest BCUT2D eigenvalue weighted by Gasteiger charge is 2.21. The van der Waals surface area contributed by atoms with Gasteiger partial charge >= 0.3 is 0 Å². The summed E-state index contributed by atoms with van der Waals surface area (Å²) in [6, 6.07) is 20.6. The molecule has 4 nitrogen and oxygen atoms in total. The topological polar surface area (TPSA) is 57.4 Å². The van der Waals surface area contributed by atoms with Gasteiger partial charge in [-0.3, -0.25) is 0 Å². The molecule has 3 aromatic heterocycles. The van der Waals surface area contributed by atoms with E-state index < -0.39 is 0 Å². The van der Waals surface area contributed by atoms with Crippen molar-refractivity contribution in [3.63, 3.8) is 0 Å². The van der Waals surface area contributed by atoms with E-state index in [0.717, 1.165) is 53.0 Å². The van der Waals surface area contributed by atoms with Gasteiger partial charge < -0.3 is 9.97 Å². The lowest BCUT2D eigenvalue weighted by Crippen LogP contribution is -2.05. The summed E-state index contributed by atoms with van der Waals surface area (Å²) < 4.78 is 1.32. The molecular weight excluding hydrogens is 484 g/mol. The zero-order chi connectivity index (χ0) is 25.5. The van der Waals surface area contributed by atoms with Gasteiger partial charge in [-0.2, -0.15) is 0 Å². The van der Waals surface area contributed by atoms with Crippen LogP contribution in [0.1, 0.15) is 49.5 Å². The average molecular weight is 513 g/mol. The van der Waals surface area contributed by atoms with Gasteiger partial charge in [-0.1, -0.05) is 57.2 Å². The van der Waals surface area contributed by atoms with Gasteiger partial charge in [-0.15, -0.1) is 11.3 Å². The molecule has 0 aliphatic heterocycles. The third-order valence-corrected chi connectivity index (χ3v) is 9.19. The van der Waals surface area contributed by atoms with Crippen LogP contribution in [-0.2, 0) is 19.3 Å². The number of fused-ring (bicyclic) bond motifs is 11. The third kappa shape index (κ3) is 3.08. The van der Waals surface area contributed by atoms with Crippen LogP contribution in [0.25, 0.3) is 65.2 Å². The number of aromatic nitrogens is 4. The van der Waals surface area contributed by atoms with E-state index in [4.69, 9.17) is 9.97 Å². The second-order valence-electron chi connectivity index (χ2n) is 10.8. The molecular formula is C33H28N4S. The normalized spacial score (nSPS) is 13.3. The second kappa shape index (κ2) is 8.02. The van der Waals surface area contributed by atoms with Crippen LogP contribution in [0.15, 0.2) is 60.0 Å². The number of nitrogens with one attached hydrogen (secondary N) is 2. The minimum Gasteiger partial charge on any atom is -0.342 e. The molecule has 1 aliphatic rings. The van der Waals surface area contributed by atoms with Crippen LogP contribution in [-0.4, -0.2) is 19.9 Å². The van der Waals surface area contributed by atoms with Crippen LogP contribution in [0.2, 0.25) is 0 Å². The molecule has 38 heavy (non-hydrogen) atoms. The third-order valence-electron chi connectivity index (χ3n) is 8.24. The summed E-state index contributed by atoms with van der Waals surface area (Å²) in [5.41, 5.74) is 12.6. The predicted octanol–water partition coefficient (Wildman–Crippen LogP) is 8.93. The number of benzene rings is 4. The number of imidazole rings is 2. The molecule has 0 fully saturated rings. The van der Waals surface area contributed by atoms with E-state index in [9.17, 15) is 0 Å². The molecule has 0 unspecified atom stereocenters. The van der Waals surface area contributed by atoms with Crippen LogP contribution in [0.5, 0.6) is 0 Å². The highest BCUT2D eigenvalue weighted by molar-refractivity contribution is 7.18. The van der Waals surface area contributed by atoms with Gasteiger partial charge in [0, 0.05) is 33.2 Å². The molecule has 0 saturated carbocycles. The first-order valence-corrected chi connectivity index (χ1v) is 14.4. The Morgan fingerprint density at radius 1 is 0.816 bits per heavy atom. The van der Waals surface area contributed by atoms with Crippen molar-refractivity contribution >= 4 is 54.3 Å². The summed E-state index contributed by atoms with van der Waals surface area (Å²) >= 11 is 1.81. The van der Waals surface area contributed by atoms with Crippen LogP contribution >= 0.6 is 11.3 Å². The Morgan fingerprint density at radius 3 is 2.53 bits per heavy atom. The average Bonchev–Trinajstić information content (AvgIpc) is 3.70. The maximum atomic E-state index is 4.98. The first-order valence-electron chi connectivity index (χ1n) is 13.6. The number of aromatic amines is 2. The summed E-state index contributed by atoms with van der Waals surface area (Å²) in [5.74, 6) is 2.49. The fourth-order valence-corrected chi connectivity index (χ4v) is 7.18. The van der Waals surface area contributed by atoms with Crippen molar-refractivity contribution in [2.45, 2.75) is 46.0 Å². The molecule has 186 valence electrons. The summed E-state index contributed by atoms with van der Waals surface area (Å²) in [6.45, 7) is 6.53. The van der Waals surface area contributed by atoms with Gasteiger partial charge in [0.15, 0.2) is 0 Å². The van der Waals surface area contributed by atoms with Crippen molar-refractivity contribution < 1.29 is 0 Å². The highest BCUT2D eigenvalue weighted by atomic mass is 32.1. The van der Waals surface area contributed by atoms with Gasteiger partial charge in [0.1, 0.15) is 11.6 Å². The van der Waals surface area contributed by atoms with Crippen molar-refractivity contribution in [2.24, 2.45) is 0 Å². The number of hydrogen-bond donors (Lipinski definition) is 2. The zero-order valence-electron chi connectivity index (χ0n) is 21.8. The Bertz CT molecular complexity index is 2050. The van der Waals surface area contributed by atoms with Crippen LogP contribution < -0.4 is 0 Å². The lowest BCUT2D eigenvalue weighted by molar-refractivity contribution is 0.799. The summed E-state index contributed by atoms with van der Waals surface area (Å²) in [5, 5.41) is 5.99. The van der Waals surface area contributed by atoms with Gasteiger partial charge in [0.25, 0.3) is 0 Å². The predicted molar refractivity (Wildman–Crippen MR) is 160 cm³/mol. The number of hydrogen-bond acceptors (Lipinski definition) is 3. The summed E-state index contributed by atoms with van der Waals surface area (Å²) in [4.78, 5) is 17.0. The molecule has 1 aliphatic carbocycles. The van der Waals surface area contributed by atoms with Crippen molar-refractivity contribution in [2.75, 3.05) is 0 Å². The Labute approximate surface area is 224 Å². The minimum absolute atomic E-state index is 0.365. The summed E-state index contributed by atoms with van der Waals surface area (Å²) in [6.07, 6.45) is 3.00. The lowest BCUT2D eigenvalue weighted by atomic mass is 9.83. The number of rotatable bonds is 3. The van der Waals surface area contributed by atoms with Crippen LogP contribution in [0.3, 0.4) is 0 Å². The molecule has 4 aromatic carbocycles. The molecule has 3 heterocycles. The Balaban J connectivity index is 1.27. The van der Waals surface area contributed by atoms with E-state index in [0.29, 0.717) is 5.92 Å². The van der Waals surface area contributed by atoms with Gasteiger partial charge in [-0.25, -0.2) is 9.97 Å². The molecule has 0 spiro atoms. The lowest BCUT2D eigenvalue weighted by Gasteiger charge is -2.21. The van der Waals surface area contributed by atoms with Crippen LogP contribution in [0.4, 0.5) is 0 Å². The second-order valence-corrected chi connectivity index (χ2v) is 11.7. The maximum absolute atomic E-state index is 4.98. The zero-order valence-corrected chi connectivity index (χ0v) is 22.6. The van der Waals surface area contributed by atoms with Crippen molar-refractivity contribution in [3.05, 3.63) is 82.8 Å². The SMILES string of the molecule is CCc1nc2c3c(ccc2[nH]1)-c1ccc(-c2ccc4c(c2)c2sccc2c2nc(C(C)C)[nH]c42)cc1CC3. The molecule has 0 saturated heterocycles. The van der Waals surface area contributed by atoms with E-state index in [1.54, 1.807) is 0 Å². The molecule has 0 amide bonds. The van der Waals surface area contributed by atoms with Crippen LogP contribution in [0, 0.1) is 0 Å². The fraction of sp³-hybridized carbons (Fsp3) is 0.212. The van der Waals surface area contributed by atoms with Crippen molar-refractivity contribution in [1.82, 2.24) is 19.9 Å². The molecule has 0 radical (unpaired) electrons. The van der Waals surface area contributed by atoms with Gasteiger partial charge in [-0.05, 0) is 69.8 Å². The molecule has 8 rings (SSSR count). The molecule has 2 N–H and O–H groups in total. The van der Waals surface area contributed by atoms with E-state index in [1.165, 1.54) is 54.2 Å². The molecule has 0 bridgehead atoms.